The van der Waals surface area contributed by atoms with Gasteiger partial charge in [0.15, 0.2) is 0 Å². The maximum Gasteiger partial charge on any atom is 0.318 e. The summed E-state index contributed by atoms with van der Waals surface area (Å²) >= 11 is 0. The Labute approximate surface area is 569 Å². The van der Waals surface area contributed by atoms with Gasteiger partial charge in [-0.2, -0.15) is 15.1 Å². The molecule has 1 fully saturated rings. The number of rotatable bonds is 31. The van der Waals surface area contributed by atoms with Crippen molar-refractivity contribution in [2.24, 2.45) is 42.1 Å². The molecule has 1 amide bonds. The van der Waals surface area contributed by atoms with Crippen LogP contribution in [0.3, 0.4) is 0 Å². The number of aldehydes is 1. The highest BCUT2D eigenvalue weighted by Gasteiger charge is 2.30. The predicted octanol–water partition coefficient (Wildman–Crippen LogP) is 19.3. The average Bonchev–Trinajstić information content (AvgIpc) is 0.892. The Kier molecular flexibility index (Phi) is 38.1. The van der Waals surface area contributed by atoms with E-state index >= 15 is 4.39 Å². The number of aryl methyl sites for hydroxylation is 3. The van der Waals surface area contributed by atoms with Gasteiger partial charge in [-0.25, -0.2) is 4.39 Å². The van der Waals surface area contributed by atoms with Gasteiger partial charge in [0, 0.05) is 73.8 Å². The van der Waals surface area contributed by atoms with Gasteiger partial charge < -0.3 is 29.6 Å². The normalized spacial score (nSPS) is 15.9. The van der Waals surface area contributed by atoms with Crippen LogP contribution in [0.2, 0.25) is 0 Å². The molecule has 520 valence electrons. The molecule has 9 unspecified atom stereocenters. The molecule has 2 N–H and O–H groups in total. The van der Waals surface area contributed by atoms with Crippen molar-refractivity contribution in [1.82, 2.24) is 30.0 Å². The molecule has 9 atom stereocenters. The quantitative estimate of drug-likeness (QED) is 0.0184. The van der Waals surface area contributed by atoms with Crippen LogP contribution in [0.5, 0.6) is 6.01 Å². The topological polar surface area (TPSA) is 162 Å². The van der Waals surface area contributed by atoms with Crippen molar-refractivity contribution in [3.8, 4) is 29.6 Å². The molecule has 3 aromatic heterocycles. The van der Waals surface area contributed by atoms with Crippen LogP contribution in [-0.2, 0) is 26.2 Å². The highest BCUT2D eigenvalue weighted by Crippen LogP contribution is 2.39. The van der Waals surface area contributed by atoms with Gasteiger partial charge in [0.1, 0.15) is 17.9 Å². The third kappa shape index (κ3) is 27.1. The average molecular weight is 1310 g/mol. The molecule has 0 radical (unpaired) electrons. The van der Waals surface area contributed by atoms with Gasteiger partial charge in [0.25, 0.3) is 6.47 Å². The second kappa shape index (κ2) is 43.7. The SMILES string of the molecule is C#Cc1c(F)ccc2cccc(-c3ncc4c(N5CC(C)CCC(C)C5)nc(OCC(C)(CCC(CCC)CCC(C)CCC(CCC)OC(CCC)CCC(C)CC)CC(=C)CC)nc4c3P)c12.CCCC=O.CNC(C)=O.Cc1ccc2c(C)nn(C)c2c1.O=CO. The number of fused-ring (bicyclic) bond motifs is 3. The molecule has 0 bridgehead atoms. The number of allylic oxidation sites excluding steroid dienone is 1. The third-order valence-corrected chi connectivity index (χ3v) is 19.1. The summed E-state index contributed by atoms with van der Waals surface area (Å²) in [6.07, 6.45) is 33.5. The van der Waals surface area contributed by atoms with Crippen molar-refractivity contribution in [2.75, 3.05) is 31.6 Å². The van der Waals surface area contributed by atoms with Crippen LogP contribution in [0.15, 0.2) is 66.9 Å². The van der Waals surface area contributed by atoms with Gasteiger partial charge in [0.2, 0.25) is 5.91 Å². The first kappa shape index (κ1) is 81.9. The first-order chi connectivity index (χ1) is 44.9. The van der Waals surface area contributed by atoms with E-state index in [2.05, 4.69) is 131 Å². The number of carbonyl (C=O) groups excluding carboxylic acids is 2. The number of aromatic nitrogens is 5. The van der Waals surface area contributed by atoms with E-state index in [0.717, 1.165) is 96.1 Å². The number of carboxylic acid groups (broad SMARTS) is 1. The minimum Gasteiger partial charge on any atom is -0.483 e. The van der Waals surface area contributed by atoms with Gasteiger partial charge >= 0.3 is 6.01 Å². The summed E-state index contributed by atoms with van der Waals surface area (Å²) in [4.78, 5) is 45.4. The minimum absolute atomic E-state index is 0.00463. The van der Waals surface area contributed by atoms with E-state index in [1.165, 1.54) is 131 Å². The van der Waals surface area contributed by atoms with Crippen LogP contribution in [-0.4, -0.2) is 87.5 Å². The molecule has 0 saturated carbocycles. The molecule has 15 heteroatoms. The number of carbonyl (C=O) groups is 3. The second-order valence-corrected chi connectivity index (χ2v) is 27.8. The van der Waals surface area contributed by atoms with Crippen LogP contribution in [0, 0.1) is 67.0 Å². The lowest BCUT2D eigenvalue weighted by molar-refractivity contribution is -0.123. The van der Waals surface area contributed by atoms with E-state index < -0.39 is 5.82 Å². The second-order valence-electron chi connectivity index (χ2n) is 27.3. The van der Waals surface area contributed by atoms with E-state index in [4.69, 9.17) is 40.8 Å². The molecule has 6 aromatic rings. The number of nitrogens with one attached hydrogen (secondary N) is 1. The molecule has 4 heterocycles. The first-order valence-corrected chi connectivity index (χ1v) is 36.0. The van der Waals surface area contributed by atoms with Crippen LogP contribution >= 0.6 is 9.24 Å². The van der Waals surface area contributed by atoms with E-state index in [1.54, 1.807) is 13.1 Å². The summed E-state index contributed by atoms with van der Waals surface area (Å²) in [5.74, 6) is 6.22. The number of amides is 1. The van der Waals surface area contributed by atoms with Crippen LogP contribution < -0.4 is 20.3 Å². The maximum atomic E-state index is 15.2. The number of ether oxygens (including phenoxy) is 2. The van der Waals surface area contributed by atoms with Crippen molar-refractivity contribution in [1.29, 1.82) is 0 Å². The summed E-state index contributed by atoms with van der Waals surface area (Å²) in [7, 11) is 6.49. The van der Waals surface area contributed by atoms with E-state index in [9.17, 15) is 9.59 Å². The van der Waals surface area contributed by atoms with Crippen molar-refractivity contribution >= 4 is 71.6 Å². The highest BCUT2D eigenvalue weighted by molar-refractivity contribution is 7.28. The lowest BCUT2D eigenvalue weighted by Crippen LogP contribution is -2.31. The van der Waals surface area contributed by atoms with Gasteiger partial charge in [-0.3, -0.25) is 19.3 Å². The Hall–Kier alpha value is -6.29. The van der Waals surface area contributed by atoms with Gasteiger partial charge in [0.05, 0.1) is 52.2 Å². The summed E-state index contributed by atoms with van der Waals surface area (Å²) in [5, 5.41) is 18.1. The Balaban J connectivity index is 0.000000766. The maximum absolute atomic E-state index is 15.2. The molecule has 0 spiro atoms. The minimum atomic E-state index is -0.419. The van der Waals surface area contributed by atoms with Crippen LogP contribution in [0.1, 0.15) is 235 Å². The molecule has 0 aliphatic carbocycles. The molecular weight excluding hydrogens is 1190 g/mol. The fraction of sp³-hybridized carbons (Fsp3) is 0.608. The number of hydrogen-bond acceptors (Lipinski definition) is 10. The number of anilines is 1. The van der Waals surface area contributed by atoms with Gasteiger partial charge in [-0.05, 0) is 150 Å². The van der Waals surface area contributed by atoms with Gasteiger partial charge in [-0.15, -0.1) is 15.7 Å². The van der Waals surface area contributed by atoms with Crippen molar-refractivity contribution in [3.63, 3.8) is 0 Å². The Morgan fingerprint density at radius 2 is 1.49 bits per heavy atom. The van der Waals surface area contributed by atoms with E-state index in [-0.39, 0.29) is 23.4 Å². The van der Waals surface area contributed by atoms with E-state index in [1.807, 2.05) is 50.0 Å². The molecule has 94 heavy (non-hydrogen) atoms. The molecule has 1 aliphatic heterocycles. The molecular formula is C79H121FN7O6P. The molecule has 13 nitrogen and oxygen atoms in total. The number of pyridine rings is 1. The summed E-state index contributed by atoms with van der Waals surface area (Å²) in [6, 6.07) is 15.9. The number of halogens is 1. The number of terminal acetylenes is 1. The molecule has 1 saturated heterocycles. The summed E-state index contributed by atoms with van der Waals surface area (Å²) in [5.41, 5.74) is 7.17. The third-order valence-electron chi connectivity index (χ3n) is 18.5. The largest absolute Gasteiger partial charge is 0.483 e. The lowest BCUT2D eigenvalue weighted by Gasteiger charge is -2.32. The zero-order valence-electron chi connectivity index (χ0n) is 60.8. The Morgan fingerprint density at radius 1 is 0.872 bits per heavy atom. The molecule has 3 aromatic carbocycles. The van der Waals surface area contributed by atoms with Crippen molar-refractivity contribution in [2.45, 2.75) is 244 Å². The predicted molar refractivity (Wildman–Crippen MR) is 397 cm³/mol. The lowest BCUT2D eigenvalue weighted by atomic mass is 9.76. The monoisotopic (exact) mass is 1310 g/mol. The molecule has 7 rings (SSSR count). The zero-order chi connectivity index (χ0) is 69.9. The fourth-order valence-electron chi connectivity index (χ4n) is 12.6. The zero-order valence-corrected chi connectivity index (χ0v) is 61.9. The van der Waals surface area contributed by atoms with Gasteiger partial charge in [-0.1, -0.05) is 176 Å². The first-order valence-electron chi connectivity index (χ1n) is 35.4. The summed E-state index contributed by atoms with van der Waals surface area (Å²) in [6.45, 7) is 37.5. The number of unbranched alkanes of at least 4 members (excludes halogenated alkanes) is 1. The highest BCUT2D eigenvalue weighted by atomic mass is 31.0. The Morgan fingerprint density at radius 3 is 2.04 bits per heavy atom. The molecule has 1 aliphatic rings. The smallest absolute Gasteiger partial charge is 0.318 e. The summed E-state index contributed by atoms with van der Waals surface area (Å²) < 4.78 is 30.9. The van der Waals surface area contributed by atoms with E-state index in [0.29, 0.717) is 66.0 Å². The Bertz CT molecular complexity index is 3280. The van der Waals surface area contributed by atoms with Crippen LogP contribution in [0.4, 0.5) is 10.2 Å². The number of benzene rings is 3. The standard InChI is InChI=1S/C61H92FN4O2P.C10H12N2.C4H8O.C3H7NO.CH2O2/c1-13-20-47(30-27-44(9)29-33-50(22-15-3)68-49(21-14-2)32-28-42(7)16-4)35-36-61(12,37-43(8)17-5)41-67-60-64-57-53(59(65-60)66-39-45(10)25-26-46(11)40-66)38-63-56(58(57)69)52-24-19-23-48-31-34-54(62)51(18-6)55(48)52;1-7-4-5-9-8(2)11-12(3)10(9)6-7;1-2-3-4-5;1-3(5)4-2;2-1-3/h6,19,23-24,31,34,38,42,44-47,49-50H,8,13-17,20-22,25-30,32-33,35-37,39-41,69H2,1-5,7,9-12H3;4-6H,1-3H3;4H,2-3H2,1H3;1-2H3,(H,4,5);1H,(H,2,3). The van der Waals surface area contributed by atoms with Crippen molar-refractivity contribution in [3.05, 3.63) is 89.5 Å². The number of nitrogens with zero attached hydrogens (tertiary/aromatic N) is 6. The number of hydrogen-bond donors (Lipinski definition) is 2. The van der Waals surface area contributed by atoms with Crippen molar-refractivity contribution < 1.29 is 33.4 Å². The fourth-order valence-corrected chi connectivity index (χ4v) is 13.0. The van der Waals surface area contributed by atoms with Crippen LogP contribution in [0.25, 0.3) is 43.8 Å².